The molecule has 12 nitrogen and oxygen atoms in total. The first-order chi connectivity index (χ1) is 17.7. The van der Waals surface area contributed by atoms with Crippen LogP contribution in [0.5, 0.6) is 5.88 Å². The monoisotopic (exact) mass is 574 g/mol. The molecular formula is C21H22ClF3N8O4S. The third-order valence-corrected chi connectivity index (χ3v) is 7.37. The van der Waals surface area contributed by atoms with Gasteiger partial charge in [-0.2, -0.15) is 13.2 Å². The molecule has 3 heterocycles. The number of anilines is 1. The van der Waals surface area contributed by atoms with Gasteiger partial charge in [-0.3, -0.25) is 14.7 Å². The summed E-state index contributed by atoms with van der Waals surface area (Å²) in [4.78, 5) is 12.3. The number of ether oxygens (including phenoxy) is 1. The van der Waals surface area contributed by atoms with Crippen molar-refractivity contribution in [1.29, 1.82) is 5.41 Å². The Bertz CT molecular complexity index is 1450. The molecule has 3 aromatic rings. The van der Waals surface area contributed by atoms with Gasteiger partial charge in [-0.05, 0) is 13.0 Å². The van der Waals surface area contributed by atoms with Gasteiger partial charge in [-0.1, -0.05) is 24.6 Å². The summed E-state index contributed by atoms with van der Waals surface area (Å²) in [6, 6.07) is 4.55. The van der Waals surface area contributed by atoms with Crippen molar-refractivity contribution in [3.05, 3.63) is 53.3 Å². The average Bonchev–Trinajstić information content (AvgIpc) is 3.23. The van der Waals surface area contributed by atoms with Gasteiger partial charge in [0.2, 0.25) is 21.9 Å². The number of nitrogens with zero attached hydrogens (tertiary/aromatic N) is 6. The topological polar surface area (TPSA) is 169 Å². The number of aliphatic hydroxyl groups excluding tert-OH is 1. The Morgan fingerprint density at radius 1 is 1.26 bits per heavy atom. The number of sulfonamides is 1. The molecule has 0 aliphatic carbocycles. The summed E-state index contributed by atoms with van der Waals surface area (Å²) < 4.78 is 73.1. The lowest BCUT2D eigenvalue weighted by molar-refractivity contribution is -0.0585. The van der Waals surface area contributed by atoms with Crippen molar-refractivity contribution in [2.45, 2.75) is 37.7 Å². The molecule has 0 bridgehead atoms. The molecule has 0 aliphatic heterocycles. The summed E-state index contributed by atoms with van der Waals surface area (Å²) in [5, 5.41) is 24.2. The maximum absolute atomic E-state index is 13.2. The number of rotatable bonds is 10. The molecule has 0 amide bonds. The zero-order valence-electron chi connectivity index (χ0n) is 20.1. The second kappa shape index (κ2) is 11.3. The fourth-order valence-corrected chi connectivity index (χ4v) is 4.43. The van der Waals surface area contributed by atoms with E-state index in [2.05, 4.69) is 29.9 Å². The smallest absolute Gasteiger partial charge is 0.432 e. The van der Waals surface area contributed by atoms with E-state index in [-0.39, 0.29) is 34.3 Å². The van der Waals surface area contributed by atoms with Crippen molar-refractivity contribution in [2.24, 2.45) is 0 Å². The maximum Gasteiger partial charge on any atom is 0.432 e. The SMILES string of the molecule is COc1cccc(-c2nnc(NS(=O)(=O)[C@@H](C)[C@H](C)c3ncc(Cl)cn3)n2C/C(O)=C/C(=N)C(F)(F)F)n1. The first-order valence-electron chi connectivity index (χ1n) is 10.7. The highest BCUT2D eigenvalue weighted by atomic mass is 35.5. The summed E-state index contributed by atoms with van der Waals surface area (Å²) in [5.41, 5.74) is -1.69. The molecule has 0 aliphatic rings. The second-order valence-corrected chi connectivity index (χ2v) is 10.4. The van der Waals surface area contributed by atoms with Crippen LogP contribution >= 0.6 is 11.6 Å². The van der Waals surface area contributed by atoms with Gasteiger partial charge in [0.05, 0.1) is 23.9 Å². The zero-order chi connectivity index (χ0) is 28.3. The van der Waals surface area contributed by atoms with Gasteiger partial charge in [0.15, 0.2) is 5.82 Å². The number of halogens is 4. The van der Waals surface area contributed by atoms with Crippen LogP contribution in [-0.4, -0.2) is 67.5 Å². The van der Waals surface area contributed by atoms with Crippen LogP contribution in [0.1, 0.15) is 25.6 Å². The molecule has 3 rings (SSSR count). The molecule has 3 aromatic heterocycles. The Hall–Kier alpha value is -3.79. The van der Waals surface area contributed by atoms with Crippen molar-refractivity contribution in [3.63, 3.8) is 0 Å². The summed E-state index contributed by atoms with van der Waals surface area (Å²) in [5.74, 6) is -1.75. The molecule has 0 fully saturated rings. The van der Waals surface area contributed by atoms with Gasteiger partial charge in [-0.25, -0.2) is 23.4 Å². The first-order valence-corrected chi connectivity index (χ1v) is 12.6. The van der Waals surface area contributed by atoms with Gasteiger partial charge in [-0.15, -0.1) is 10.2 Å². The number of nitrogens with one attached hydrogen (secondary N) is 2. The molecular weight excluding hydrogens is 553 g/mol. The van der Waals surface area contributed by atoms with E-state index in [1.807, 2.05) is 0 Å². The number of methoxy groups -OCH3 is 1. The van der Waals surface area contributed by atoms with Crippen molar-refractivity contribution >= 4 is 33.3 Å². The fourth-order valence-electron chi connectivity index (χ4n) is 3.08. The van der Waals surface area contributed by atoms with E-state index in [4.69, 9.17) is 21.7 Å². The molecule has 17 heteroatoms. The van der Waals surface area contributed by atoms with Crippen LogP contribution in [0.4, 0.5) is 19.1 Å². The standard InChI is InChI=1S/C21H22ClF3N8O4S/c1-11(18-27-8-13(22)9-28-18)12(2)38(35,36)32-20-31-30-19(15-5-4-6-17(29-15)37-3)33(20)10-14(34)7-16(26)21(23,24)25/h4-9,11-12,26,34H,10H2,1-3H3,(H,31,32)/b14-7-,26-16?/t11-,12-/m0/s1. The Kier molecular flexibility index (Phi) is 8.56. The number of pyridine rings is 1. The van der Waals surface area contributed by atoms with Crippen molar-refractivity contribution in [2.75, 3.05) is 11.8 Å². The summed E-state index contributed by atoms with van der Waals surface area (Å²) in [6.45, 7) is 2.26. The normalized spacial score (nSPS) is 14.1. The van der Waals surface area contributed by atoms with Gasteiger partial charge >= 0.3 is 6.18 Å². The van der Waals surface area contributed by atoms with Crippen LogP contribution in [0.25, 0.3) is 11.5 Å². The minimum absolute atomic E-state index is 0.0955. The number of aliphatic hydroxyl groups is 1. The van der Waals surface area contributed by atoms with Crippen LogP contribution in [0.2, 0.25) is 5.02 Å². The molecule has 204 valence electrons. The first kappa shape index (κ1) is 28.8. The Labute approximate surface area is 220 Å². The predicted octanol–water partition coefficient (Wildman–Crippen LogP) is 3.75. The van der Waals surface area contributed by atoms with Crippen LogP contribution < -0.4 is 9.46 Å². The molecule has 0 unspecified atom stereocenters. The van der Waals surface area contributed by atoms with Gasteiger partial charge in [0, 0.05) is 30.5 Å². The highest BCUT2D eigenvalue weighted by Gasteiger charge is 2.34. The third-order valence-electron chi connectivity index (χ3n) is 5.32. The van der Waals surface area contributed by atoms with E-state index in [9.17, 15) is 26.7 Å². The molecule has 0 aromatic carbocycles. The number of aromatic nitrogens is 6. The van der Waals surface area contributed by atoms with E-state index in [1.54, 1.807) is 13.0 Å². The molecule has 0 radical (unpaired) electrons. The summed E-state index contributed by atoms with van der Waals surface area (Å²) in [6.07, 6.45) is -2.16. The number of alkyl halides is 3. The van der Waals surface area contributed by atoms with E-state index in [0.717, 1.165) is 4.57 Å². The minimum Gasteiger partial charge on any atom is -0.510 e. The van der Waals surface area contributed by atoms with Gasteiger partial charge < -0.3 is 9.84 Å². The third kappa shape index (κ3) is 6.74. The largest absolute Gasteiger partial charge is 0.510 e. The maximum atomic E-state index is 13.2. The van der Waals surface area contributed by atoms with Gasteiger partial charge in [0.1, 0.15) is 23.0 Å². The molecule has 2 atom stereocenters. The van der Waals surface area contributed by atoms with E-state index >= 15 is 0 Å². The van der Waals surface area contributed by atoms with Crippen molar-refractivity contribution < 1.29 is 31.4 Å². The highest BCUT2D eigenvalue weighted by Crippen LogP contribution is 2.27. The molecule has 0 saturated heterocycles. The minimum atomic E-state index is -5.00. The van der Waals surface area contributed by atoms with Crippen LogP contribution in [0.15, 0.2) is 42.4 Å². The van der Waals surface area contributed by atoms with E-state index < -0.39 is 51.3 Å². The molecule has 0 saturated carbocycles. The Morgan fingerprint density at radius 2 is 1.92 bits per heavy atom. The molecule has 0 spiro atoms. The summed E-state index contributed by atoms with van der Waals surface area (Å²) in [7, 11) is -2.85. The van der Waals surface area contributed by atoms with Crippen molar-refractivity contribution in [3.8, 4) is 17.4 Å². The predicted molar refractivity (Wildman–Crippen MR) is 132 cm³/mol. The lowest BCUT2D eigenvalue weighted by Gasteiger charge is -2.20. The molecule has 3 N–H and O–H groups in total. The Balaban J connectivity index is 2.00. The van der Waals surface area contributed by atoms with E-state index in [0.29, 0.717) is 0 Å². The van der Waals surface area contributed by atoms with Crippen LogP contribution in [0.3, 0.4) is 0 Å². The van der Waals surface area contributed by atoms with E-state index in [1.165, 1.54) is 38.6 Å². The number of hydrogen-bond acceptors (Lipinski definition) is 10. The lowest BCUT2D eigenvalue weighted by Crippen LogP contribution is -2.31. The highest BCUT2D eigenvalue weighted by molar-refractivity contribution is 7.93. The molecule has 38 heavy (non-hydrogen) atoms. The summed E-state index contributed by atoms with van der Waals surface area (Å²) >= 11 is 5.79. The second-order valence-electron chi connectivity index (χ2n) is 7.95. The number of hydrogen-bond donors (Lipinski definition) is 3. The van der Waals surface area contributed by atoms with Crippen molar-refractivity contribution in [1.82, 2.24) is 29.7 Å². The zero-order valence-corrected chi connectivity index (χ0v) is 21.7. The van der Waals surface area contributed by atoms with Gasteiger partial charge in [0.25, 0.3) is 0 Å². The lowest BCUT2D eigenvalue weighted by atomic mass is 10.1. The quantitative estimate of drug-likeness (QED) is 0.241. The Morgan fingerprint density at radius 3 is 2.53 bits per heavy atom. The number of allylic oxidation sites excluding steroid dienone is 2. The van der Waals surface area contributed by atoms with Crippen LogP contribution in [-0.2, 0) is 16.6 Å². The van der Waals surface area contributed by atoms with Crippen LogP contribution in [0, 0.1) is 5.41 Å². The fraction of sp³-hybridized carbons (Fsp3) is 0.333. The average molecular weight is 575 g/mol.